The van der Waals surface area contributed by atoms with E-state index in [4.69, 9.17) is 4.42 Å². The van der Waals surface area contributed by atoms with E-state index in [-0.39, 0.29) is 23.5 Å². The molecule has 3 heterocycles. The van der Waals surface area contributed by atoms with Crippen molar-refractivity contribution in [1.82, 2.24) is 9.29 Å². The lowest BCUT2D eigenvalue weighted by atomic mass is 10.2. The Balaban J connectivity index is 1.52. The summed E-state index contributed by atoms with van der Waals surface area (Å²) in [7, 11) is -3.87. The van der Waals surface area contributed by atoms with Gasteiger partial charge in [-0.15, -0.1) is 0 Å². The van der Waals surface area contributed by atoms with Gasteiger partial charge >= 0.3 is 0 Å². The smallest absolute Gasteiger partial charge is 0.247 e. The van der Waals surface area contributed by atoms with Crippen molar-refractivity contribution < 1.29 is 22.0 Å². The van der Waals surface area contributed by atoms with Gasteiger partial charge < -0.3 is 4.42 Å². The van der Waals surface area contributed by atoms with Crippen LogP contribution in [0.3, 0.4) is 0 Å². The summed E-state index contributed by atoms with van der Waals surface area (Å²) in [5.74, 6) is -0.377. The maximum atomic E-state index is 14.3. The Morgan fingerprint density at radius 1 is 1.21 bits per heavy atom. The molecule has 0 bridgehead atoms. The van der Waals surface area contributed by atoms with E-state index in [2.05, 4.69) is 4.98 Å². The number of fused-ring (bicyclic) bond motifs is 1. The number of hydrogen-bond acceptors (Lipinski definition) is 6. The van der Waals surface area contributed by atoms with Crippen molar-refractivity contribution in [2.45, 2.75) is 37.2 Å². The van der Waals surface area contributed by atoms with Crippen LogP contribution in [0.5, 0.6) is 0 Å². The van der Waals surface area contributed by atoms with Gasteiger partial charge in [-0.1, -0.05) is 35.1 Å². The van der Waals surface area contributed by atoms with Gasteiger partial charge in [-0.25, -0.2) is 17.8 Å². The number of aryl methyl sites for hydroxylation is 1. The second-order valence-electron chi connectivity index (χ2n) is 8.17. The van der Waals surface area contributed by atoms with E-state index in [1.54, 1.807) is 48.5 Å². The quantitative estimate of drug-likeness (QED) is 0.383. The number of hydrogen-bond donors (Lipinski definition) is 0. The molecule has 5 rings (SSSR count). The van der Waals surface area contributed by atoms with Crippen LogP contribution in [0.4, 0.5) is 9.52 Å². The van der Waals surface area contributed by atoms with Gasteiger partial charge in [-0.05, 0) is 56.2 Å². The average Bonchev–Trinajstić information content (AvgIpc) is 3.58. The zero-order valence-electron chi connectivity index (χ0n) is 18.3. The van der Waals surface area contributed by atoms with Crippen LogP contribution in [0, 0.1) is 12.7 Å². The molecule has 4 aromatic rings. The third kappa shape index (κ3) is 4.13. The number of aromatic nitrogens is 1. The fourth-order valence-electron chi connectivity index (χ4n) is 4.12. The lowest BCUT2D eigenvalue weighted by molar-refractivity contribution is -0.121. The number of sulfonamides is 1. The first-order valence-corrected chi connectivity index (χ1v) is 13.1. The standard InChI is InChI=1S/C24H22FN3O4S2/c1-16-9-11-18(12-10-16)34(30,31)28-13-3-7-20(28)23(29)27(15-17-5-4-14-32-17)24-26-22-19(25)6-2-8-21(22)33-24/h2,4-6,8-12,14,20H,3,7,13,15H2,1H3/t20-/m1/s1. The molecule has 2 aromatic carbocycles. The van der Waals surface area contributed by atoms with Crippen molar-refractivity contribution in [2.75, 3.05) is 11.4 Å². The highest BCUT2D eigenvalue weighted by molar-refractivity contribution is 7.89. The average molecular weight is 500 g/mol. The highest BCUT2D eigenvalue weighted by atomic mass is 32.2. The van der Waals surface area contributed by atoms with E-state index in [0.717, 1.165) is 5.56 Å². The third-order valence-corrected chi connectivity index (χ3v) is 8.83. The lowest BCUT2D eigenvalue weighted by Crippen LogP contribution is -2.47. The molecule has 1 aliphatic rings. The first-order valence-electron chi connectivity index (χ1n) is 10.8. The SMILES string of the molecule is Cc1ccc(S(=O)(=O)N2CCC[C@@H]2C(=O)N(Cc2ccco2)c2nc3c(F)cccc3s2)cc1. The molecule has 1 fully saturated rings. The molecule has 0 aliphatic carbocycles. The number of para-hydroxylation sites is 1. The van der Waals surface area contributed by atoms with Crippen molar-refractivity contribution in [1.29, 1.82) is 0 Å². The van der Waals surface area contributed by atoms with E-state index in [9.17, 15) is 17.6 Å². The number of halogens is 1. The minimum Gasteiger partial charge on any atom is -0.467 e. The molecular formula is C24H22FN3O4S2. The van der Waals surface area contributed by atoms with Crippen LogP contribution in [0.15, 0.2) is 70.2 Å². The first-order chi connectivity index (χ1) is 16.3. The zero-order chi connectivity index (χ0) is 23.9. The van der Waals surface area contributed by atoms with Gasteiger partial charge in [0.05, 0.1) is 22.4 Å². The number of rotatable bonds is 6. The summed E-state index contributed by atoms with van der Waals surface area (Å²) < 4.78 is 48.4. The lowest BCUT2D eigenvalue weighted by Gasteiger charge is -2.28. The molecule has 7 nitrogen and oxygen atoms in total. The first kappa shape index (κ1) is 22.7. The molecule has 0 saturated carbocycles. The van der Waals surface area contributed by atoms with E-state index in [1.807, 2.05) is 6.92 Å². The summed E-state index contributed by atoms with van der Waals surface area (Å²) in [6.07, 6.45) is 2.45. The Bertz CT molecular complexity index is 1430. The van der Waals surface area contributed by atoms with E-state index >= 15 is 0 Å². The molecule has 34 heavy (non-hydrogen) atoms. The Kier molecular flexibility index (Phi) is 5.97. The number of anilines is 1. The highest BCUT2D eigenvalue weighted by Gasteiger charge is 2.42. The second kappa shape index (κ2) is 8.94. The van der Waals surface area contributed by atoms with Gasteiger partial charge in [0.25, 0.3) is 0 Å². The largest absolute Gasteiger partial charge is 0.467 e. The number of benzene rings is 2. The van der Waals surface area contributed by atoms with Crippen LogP contribution in [-0.2, 0) is 21.4 Å². The molecule has 1 saturated heterocycles. The maximum Gasteiger partial charge on any atom is 0.247 e. The monoisotopic (exact) mass is 499 g/mol. The maximum absolute atomic E-state index is 14.3. The van der Waals surface area contributed by atoms with Gasteiger partial charge in [0.1, 0.15) is 23.1 Å². The normalized spacial score (nSPS) is 16.8. The van der Waals surface area contributed by atoms with Gasteiger partial charge in [0.2, 0.25) is 15.9 Å². The molecule has 0 N–H and O–H groups in total. The third-order valence-electron chi connectivity index (χ3n) is 5.87. The summed E-state index contributed by atoms with van der Waals surface area (Å²) >= 11 is 1.18. The zero-order valence-corrected chi connectivity index (χ0v) is 20.0. The number of amides is 1. The van der Waals surface area contributed by atoms with E-state index in [1.165, 1.54) is 32.9 Å². The summed E-state index contributed by atoms with van der Waals surface area (Å²) in [5.41, 5.74) is 1.12. The van der Waals surface area contributed by atoms with Gasteiger partial charge in [-0.2, -0.15) is 4.31 Å². The summed E-state index contributed by atoms with van der Waals surface area (Å²) in [5, 5.41) is 0.293. The topological polar surface area (TPSA) is 83.7 Å². The van der Waals surface area contributed by atoms with Gasteiger partial charge in [-0.3, -0.25) is 9.69 Å². The summed E-state index contributed by atoms with van der Waals surface area (Å²) in [6.45, 7) is 2.18. The van der Waals surface area contributed by atoms with Crippen LogP contribution < -0.4 is 4.90 Å². The Morgan fingerprint density at radius 2 is 2.00 bits per heavy atom. The predicted molar refractivity (Wildman–Crippen MR) is 128 cm³/mol. The molecule has 0 unspecified atom stereocenters. The molecular weight excluding hydrogens is 477 g/mol. The Labute approximate surface area is 200 Å². The number of carbonyl (C=O) groups is 1. The van der Waals surface area contributed by atoms with Crippen LogP contribution >= 0.6 is 11.3 Å². The Hall–Kier alpha value is -3.08. The molecule has 1 atom stereocenters. The number of thiazole rings is 1. The van der Waals surface area contributed by atoms with Crippen molar-refractivity contribution in [3.05, 3.63) is 78.0 Å². The van der Waals surface area contributed by atoms with E-state index in [0.29, 0.717) is 28.4 Å². The van der Waals surface area contributed by atoms with Crippen molar-refractivity contribution in [2.24, 2.45) is 0 Å². The minimum atomic E-state index is -3.87. The summed E-state index contributed by atoms with van der Waals surface area (Å²) in [6, 6.07) is 13.8. The van der Waals surface area contributed by atoms with Gasteiger partial charge in [0.15, 0.2) is 5.13 Å². The molecule has 1 aliphatic heterocycles. The summed E-state index contributed by atoms with van der Waals surface area (Å²) in [4.78, 5) is 19.8. The molecule has 1 amide bonds. The van der Waals surface area contributed by atoms with Gasteiger partial charge in [0, 0.05) is 6.54 Å². The molecule has 0 spiro atoms. The van der Waals surface area contributed by atoms with Crippen molar-refractivity contribution >= 4 is 42.6 Å². The predicted octanol–water partition coefficient (Wildman–Crippen LogP) is 4.72. The molecule has 0 radical (unpaired) electrons. The molecule has 2 aromatic heterocycles. The Morgan fingerprint density at radius 3 is 2.71 bits per heavy atom. The number of furan rings is 1. The van der Waals surface area contributed by atoms with Crippen LogP contribution in [0.2, 0.25) is 0 Å². The molecule has 176 valence electrons. The number of carbonyl (C=O) groups excluding carboxylic acids is 1. The van der Waals surface area contributed by atoms with Crippen molar-refractivity contribution in [3.63, 3.8) is 0 Å². The van der Waals surface area contributed by atoms with Crippen LogP contribution in [0.25, 0.3) is 10.2 Å². The number of nitrogens with zero attached hydrogens (tertiary/aromatic N) is 3. The molecule has 10 heteroatoms. The van der Waals surface area contributed by atoms with Crippen molar-refractivity contribution in [3.8, 4) is 0 Å². The fourth-order valence-corrected chi connectivity index (χ4v) is 6.75. The highest BCUT2D eigenvalue weighted by Crippen LogP contribution is 2.34. The minimum absolute atomic E-state index is 0.0577. The van der Waals surface area contributed by atoms with Crippen LogP contribution in [0.1, 0.15) is 24.2 Å². The fraction of sp³-hybridized carbons (Fsp3) is 0.250. The second-order valence-corrected chi connectivity index (χ2v) is 11.1. The van der Waals surface area contributed by atoms with E-state index < -0.39 is 27.8 Å². The van der Waals surface area contributed by atoms with Crippen LogP contribution in [-0.4, -0.2) is 36.2 Å².